The summed E-state index contributed by atoms with van der Waals surface area (Å²) in [6.45, 7) is 0.297. The second-order valence-corrected chi connectivity index (χ2v) is 4.17. The molecule has 1 saturated heterocycles. The Hall–Kier alpha value is -1.91. The Kier molecular flexibility index (Phi) is 3.37. The van der Waals surface area contributed by atoms with E-state index in [2.05, 4.69) is 4.98 Å². The summed E-state index contributed by atoms with van der Waals surface area (Å²) >= 11 is 0. The number of carbonyl (C=O) groups is 2. The fraction of sp³-hybridized carbons (Fsp3) is 0.417. The molecule has 0 atom stereocenters. The van der Waals surface area contributed by atoms with Gasteiger partial charge in [0.25, 0.3) is 0 Å². The average Bonchev–Trinajstić information content (AvgIpc) is 2.47. The monoisotopic (exact) mass is 233 g/mol. The summed E-state index contributed by atoms with van der Waals surface area (Å²) in [6.07, 6.45) is 4.09. The van der Waals surface area contributed by atoms with Gasteiger partial charge in [0.2, 0.25) is 11.8 Å². The second-order valence-electron chi connectivity index (χ2n) is 4.17. The highest BCUT2D eigenvalue weighted by molar-refractivity contribution is 5.95. The minimum absolute atomic E-state index is 0.0932. The molecule has 0 bridgehead atoms. The van der Waals surface area contributed by atoms with Crippen LogP contribution in [0.4, 0.5) is 5.82 Å². The molecule has 17 heavy (non-hydrogen) atoms. The Bertz CT molecular complexity index is 410. The van der Waals surface area contributed by atoms with Crippen LogP contribution in [0.15, 0.2) is 18.3 Å². The highest BCUT2D eigenvalue weighted by Gasteiger charge is 2.23. The number of imide groups is 1. The molecule has 1 aromatic heterocycles. The minimum atomic E-state index is -0.0932. The summed E-state index contributed by atoms with van der Waals surface area (Å²) in [4.78, 5) is 28.8. The van der Waals surface area contributed by atoms with Crippen molar-refractivity contribution in [2.45, 2.75) is 32.2 Å². The number of pyridine rings is 1. The quantitative estimate of drug-likeness (QED) is 0.776. The molecule has 2 rings (SSSR count). The van der Waals surface area contributed by atoms with Gasteiger partial charge < -0.3 is 5.73 Å². The van der Waals surface area contributed by atoms with Crippen LogP contribution in [0.5, 0.6) is 0 Å². The first-order valence-electron chi connectivity index (χ1n) is 5.70. The zero-order chi connectivity index (χ0) is 12.3. The number of nitrogens with two attached hydrogens (primary N) is 1. The van der Waals surface area contributed by atoms with Crippen LogP contribution in [0.1, 0.15) is 31.2 Å². The molecule has 0 spiro atoms. The molecule has 1 fully saturated rings. The van der Waals surface area contributed by atoms with Gasteiger partial charge in [0, 0.05) is 19.0 Å². The normalized spacial score (nSPS) is 17.1. The van der Waals surface area contributed by atoms with Crippen LogP contribution in [-0.2, 0) is 16.1 Å². The number of nitrogens with zero attached hydrogens (tertiary/aromatic N) is 2. The first-order valence-corrected chi connectivity index (χ1v) is 5.70. The number of hydrogen-bond acceptors (Lipinski definition) is 4. The van der Waals surface area contributed by atoms with Crippen molar-refractivity contribution >= 4 is 17.6 Å². The molecule has 90 valence electrons. The van der Waals surface area contributed by atoms with Crippen LogP contribution in [-0.4, -0.2) is 21.7 Å². The molecule has 1 aliphatic heterocycles. The molecule has 2 amide bonds. The van der Waals surface area contributed by atoms with Crippen molar-refractivity contribution in [2.24, 2.45) is 0 Å². The molecule has 0 aromatic carbocycles. The second kappa shape index (κ2) is 4.95. The number of amides is 2. The lowest BCUT2D eigenvalue weighted by atomic mass is 10.2. The topological polar surface area (TPSA) is 76.3 Å². The number of aromatic nitrogens is 1. The molecule has 5 heteroatoms. The van der Waals surface area contributed by atoms with Crippen LogP contribution in [0, 0.1) is 0 Å². The molecule has 0 saturated carbocycles. The van der Waals surface area contributed by atoms with Gasteiger partial charge in [-0.05, 0) is 24.5 Å². The molecule has 5 nitrogen and oxygen atoms in total. The van der Waals surface area contributed by atoms with Gasteiger partial charge in [-0.1, -0.05) is 6.07 Å². The first kappa shape index (κ1) is 11.6. The van der Waals surface area contributed by atoms with Crippen LogP contribution in [0.3, 0.4) is 0 Å². The third-order valence-electron chi connectivity index (χ3n) is 2.82. The number of rotatable bonds is 2. The maximum Gasteiger partial charge on any atom is 0.229 e. The van der Waals surface area contributed by atoms with Crippen LogP contribution >= 0.6 is 0 Å². The van der Waals surface area contributed by atoms with Crippen molar-refractivity contribution in [1.29, 1.82) is 0 Å². The molecular weight excluding hydrogens is 218 g/mol. The molecule has 0 unspecified atom stereocenters. The van der Waals surface area contributed by atoms with E-state index in [9.17, 15) is 9.59 Å². The number of carbonyl (C=O) groups excluding carboxylic acids is 2. The van der Waals surface area contributed by atoms with Crippen molar-refractivity contribution in [3.05, 3.63) is 23.9 Å². The fourth-order valence-corrected chi connectivity index (χ4v) is 1.85. The SMILES string of the molecule is Nc1ccc(CN2C(=O)CCCCC2=O)cn1. The summed E-state index contributed by atoms with van der Waals surface area (Å²) < 4.78 is 0. The molecule has 1 aromatic rings. The van der Waals surface area contributed by atoms with Crippen molar-refractivity contribution in [3.63, 3.8) is 0 Å². The lowest BCUT2D eigenvalue weighted by molar-refractivity contribution is -0.144. The van der Waals surface area contributed by atoms with Gasteiger partial charge in [-0.3, -0.25) is 14.5 Å². The number of anilines is 1. The highest BCUT2D eigenvalue weighted by Crippen LogP contribution is 2.15. The Morgan fingerprint density at radius 2 is 1.82 bits per heavy atom. The zero-order valence-electron chi connectivity index (χ0n) is 9.56. The average molecular weight is 233 g/mol. The predicted octanol–water partition coefficient (Wildman–Crippen LogP) is 1.09. The summed E-state index contributed by atoms with van der Waals surface area (Å²) in [5.41, 5.74) is 6.30. The van der Waals surface area contributed by atoms with Crippen molar-refractivity contribution in [2.75, 3.05) is 5.73 Å². The van der Waals surface area contributed by atoms with E-state index >= 15 is 0 Å². The van der Waals surface area contributed by atoms with Gasteiger partial charge >= 0.3 is 0 Å². The van der Waals surface area contributed by atoms with E-state index < -0.39 is 0 Å². The number of nitrogen functional groups attached to an aromatic ring is 1. The van der Waals surface area contributed by atoms with Crippen molar-refractivity contribution < 1.29 is 9.59 Å². The Morgan fingerprint density at radius 1 is 1.18 bits per heavy atom. The molecule has 2 heterocycles. The van der Waals surface area contributed by atoms with Crippen molar-refractivity contribution in [3.8, 4) is 0 Å². The molecule has 0 aliphatic carbocycles. The summed E-state index contributed by atoms with van der Waals surface area (Å²) in [5.74, 6) is 0.246. The summed E-state index contributed by atoms with van der Waals surface area (Å²) in [5, 5.41) is 0. The van der Waals surface area contributed by atoms with E-state index in [-0.39, 0.29) is 11.8 Å². The molecule has 1 aliphatic rings. The van der Waals surface area contributed by atoms with E-state index in [4.69, 9.17) is 5.73 Å². The van der Waals surface area contributed by atoms with Crippen LogP contribution in [0.25, 0.3) is 0 Å². The largest absolute Gasteiger partial charge is 0.384 e. The Labute approximate surface area is 99.6 Å². The maximum absolute atomic E-state index is 11.8. The molecule has 0 radical (unpaired) electrons. The van der Waals surface area contributed by atoms with E-state index in [1.165, 1.54) is 4.90 Å². The van der Waals surface area contributed by atoms with Gasteiger partial charge in [-0.15, -0.1) is 0 Å². The third-order valence-corrected chi connectivity index (χ3v) is 2.82. The maximum atomic E-state index is 11.8. The molecular formula is C12H15N3O2. The fourth-order valence-electron chi connectivity index (χ4n) is 1.85. The molecule has 2 N–H and O–H groups in total. The van der Waals surface area contributed by atoms with Gasteiger partial charge in [0.1, 0.15) is 5.82 Å². The van der Waals surface area contributed by atoms with Crippen LogP contribution in [0.2, 0.25) is 0 Å². The standard InChI is InChI=1S/C12H15N3O2/c13-10-6-5-9(7-14-10)8-15-11(16)3-1-2-4-12(15)17/h5-7H,1-4,8H2,(H2,13,14). The van der Waals surface area contributed by atoms with Gasteiger partial charge in [0.15, 0.2) is 0 Å². The minimum Gasteiger partial charge on any atom is -0.384 e. The Morgan fingerprint density at radius 3 is 2.35 bits per heavy atom. The summed E-state index contributed by atoms with van der Waals surface area (Å²) in [6, 6.07) is 3.45. The van der Waals surface area contributed by atoms with E-state index in [1.54, 1.807) is 18.3 Å². The lowest BCUT2D eigenvalue weighted by Crippen LogP contribution is -2.34. The number of likely N-dealkylation sites (tertiary alicyclic amines) is 1. The highest BCUT2D eigenvalue weighted by atomic mass is 16.2. The van der Waals surface area contributed by atoms with E-state index in [0.717, 1.165) is 18.4 Å². The Balaban J connectivity index is 2.12. The third kappa shape index (κ3) is 2.81. The predicted molar refractivity (Wildman–Crippen MR) is 62.7 cm³/mol. The smallest absolute Gasteiger partial charge is 0.229 e. The zero-order valence-corrected chi connectivity index (χ0v) is 9.56. The summed E-state index contributed by atoms with van der Waals surface area (Å²) in [7, 11) is 0. The van der Waals surface area contributed by atoms with Crippen LogP contribution < -0.4 is 5.73 Å². The first-order chi connectivity index (χ1) is 8.16. The lowest BCUT2D eigenvalue weighted by Gasteiger charge is -2.18. The van der Waals surface area contributed by atoms with Gasteiger partial charge in [0.05, 0.1) is 6.54 Å². The van der Waals surface area contributed by atoms with E-state index in [0.29, 0.717) is 25.2 Å². The van der Waals surface area contributed by atoms with Gasteiger partial charge in [-0.25, -0.2) is 4.98 Å². The van der Waals surface area contributed by atoms with Crippen molar-refractivity contribution in [1.82, 2.24) is 9.88 Å². The number of hydrogen-bond donors (Lipinski definition) is 1. The van der Waals surface area contributed by atoms with E-state index in [1.807, 2.05) is 0 Å². The van der Waals surface area contributed by atoms with Gasteiger partial charge in [-0.2, -0.15) is 0 Å².